The molecule has 3 rings (SSSR count). The van der Waals surface area contributed by atoms with Gasteiger partial charge in [-0.2, -0.15) is 0 Å². The van der Waals surface area contributed by atoms with Crippen LogP contribution in [0.15, 0.2) is 53.7 Å². The van der Waals surface area contributed by atoms with Crippen LogP contribution in [0.1, 0.15) is 38.3 Å². The van der Waals surface area contributed by atoms with Crippen molar-refractivity contribution in [2.45, 2.75) is 38.5 Å². The lowest BCUT2D eigenvalue weighted by Crippen LogP contribution is -2.40. The fraction of sp³-hybridized carbons (Fsp3) is 0.364. The van der Waals surface area contributed by atoms with Gasteiger partial charge in [-0.3, -0.25) is 4.79 Å². The van der Waals surface area contributed by atoms with E-state index in [1.54, 1.807) is 43.3 Å². The summed E-state index contributed by atoms with van der Waals surface area (Å²) < 4.78 is 40.5. The van der Waals surface area contributed by atoms with Gasteiger partial charge in [0, 0.05) is 24.2 Å². The number of carbonyl (C=O) groups excluding carboxylic acids is 1. The number of sulfonamides is 1. The summed E-state index contributed by atoms with van der Waals surface area (Å²) in [6, 6.07) is 12.6. The smallest absolute Gasteiger partial charge is 0.271 e. The van der Waals surface area contributed by atoms with Crippen LogP contribution in [-0.4, -0.2) is 32.2 Å². The zero-order chi connectivity index (χ0) is 22.6. The minimum atomic E-state index is -3.48. The molecule has 1 amide bonds. The van der Waals surface area contributed by atoms with Crippen LogP contribution in [0.3, 0.4) is 0 Å². The van der Waals surface area contributed by atoms with Crippen molar-refractivity contribution in [3.05, 3.63) is 65.5 Å². The normalized spacial score (nSPS) is 18.5. The van der Waals surface area contributed by atoms with Gasteiger partial charge >= 0.3 is 0 Å². The Morgan fingerprint density at radius 3 is 2.68 bits per heavy atom. The molecule has 1 heterocycles. The molecule has 0 aromatic heterocycles. The molecule has 2 aromatic carbocycles. The third-order valence-electron chi connectivity index (χ3n) is 4.75. The minimum absolute atomic E-state index is 0.176. The summed E-state index contributed by atoms with van der Waals surface area (Å²) in [5, 5.41) is 6.72. The molecular weight excluding hydrogens is 421 g/mol. The molecule has 0 fully saturated rings. The zero-order valence-corrected chi connectivity index (χ0v) is 18.5. The summed E-state index contributed by atoms with van der Waals surface area (Å²) in [6.45, 7) is 5.81. The predicted octanol–water partition coefficient (Wildman–Crippen LogP) is 3.42. The number of oxime groups is 1. The third-order valence-corrected chi connectivity index (χ3v) is 6.07. The van der Waals surface area contributed by atoms with E-state index in [9.17, 15) is 17.6 Å². The average molecular weight is 448 g/mol. The van der Waals surface area contributed by atoms with E-state index in [0.29, 0.717) is 29.1 Å². The van der Waals surface area contributed by atoms with Crippen LogP contribution in [0.5, 0.6) is 0 Å². The van der Waals surface area contributed by atoms with Gasteiger partial charge < -0.3 is 10.2 Å². The highest BCUT2D eigenvalue weighted by molar-refractivity contribution is 7.88. The van der Waals surface area contributed by atoms with E-state index >= 15 is 0 Å². The maximum absolute atomic E-state index is 13.5. The number of nitrogens with one attached hydrogen (secondary N) is 2. The highest BCUT2D eigenvalue weighted by atomic mass is 32.2. The third kappa shape index (κ3) is 6.11. The number of anilines is 1. The summed E-state index contributed by atoms with van der Waals surface area (Å²) in [5.74, 6) is -0.815. The summed E-state index contributed by atoms with van der Waals surface area (Å²) in [4.78, 5) is 18.2. The van der Waals surface area contributed by atoms with Crippen molar-refractivity contribution < 1.29 is 22.4 Å². The second-order valence-corrected chi connectivity index (χ2v) is 10.0. The van der Waals surface area contributed by atoms with E-state index < -0.39 is 27.3 Å². The molecule has 1 aliphatic rings. The minimum Gasteiger partial charge on any atom is -0.379 e. The molecule has 0 aliphatic carbocycles. The van der Waals surface area contributed by atoms with Crippen LogP contribution in [0.25, 0.3) is 0 Å². The Morgan fingerprint density at radius 1 is 1.23 bits per heavy atom. The number of nitrogens with zero attached hydrogens (tertiary/aromatic N) is 1. The lowest BCUT2D eigenvalue weighted by Gasteiger charge is -2.20. The van der Waals surface area contributed by atoms with Gasteiger partial charge in [0.2, 0.25) is 15.6 Å². The Hall–Kier alpha value is -2.78. The maximum atomic E-state index is 13.5. The number of rotatable bonds is 8. The molecule has 0 saturated carbocycles. The summed E-state index contributed by atoms with van der Waals surface area (Å²) >= 11 is 0. The van der Waals surface area contributed by atoms with Gasteiger partial charge in [0.05, 0.1) is 11.5 Å². The van der Waals surface area contributed by atoms with Gasteiger partial charge in [-0.25, -0.2) is 17.5 Å². The molecule has 0 saturated heterocycles. The Kier molecular flexibility index (Phi) is 6.76. The number of hydrogen-bond acceptors (Lipinski definition) is 5. The molecule has 7 nitrogen and oxygen atoms in total. The topological polar surface area (TPSA) is 96.9 Å². The zero-order valence-electron chi connectivity index (χ0n) is 17.7. The first kappa shape index (κ1) is 22.9. The largest absolute Gasteiger partial charge is 0.379 e. The number of benzene rings is 2. The monoisotopic (exact) mass is 447 g/mol. The number of carbonyl (C=O) groups is 1. The van der Waals surface area contributed by atoms with E-state index in [-0.39, 0.29) is 18.1 Å². The fourth-order valence-corrected chi connectivity index (χ4v) is 4.36. The highest BCUT2D eigenvalue weighted by Gasteiger charge is 2.42. The Balaban J connectivity index is 1.65. The molecule has 0 spiro atoms. The van der Waals surface area contributed by atoms with Crippen molar-refractivity contribution in [2.75, 3.05) is 11.9 Å². The number of hydrogen-bond donors (Lipinski definition) is 2. The summed E-state index contributed by atoms with van der Waals surface area (Å²) in [6.07, 6.45) is 0.176. The molecule has 1 aliphatic heterocycles. The van der Waals surface area contributed by atoms with Crippen LogP contribution in [0, 0.1) is 11.7 Å². The van der Waals surface area contributed by atoms with Crippen molar-refractivity contribution in [3.8, 4) is 0 Å². The number of amides is 1. The van der Waals surface area contributed by atoms with Gasteiger partial charge in [-0.15, -0.1) is 0 Å². The quantitative estimate of drug-likeness (QED) is 0.648. The first-order valence-corrected chi connectivity index (χ1v) is 11.6. The van der Waals surface area contributed by atoms with Crippen molar-refractivity contribution >= 4 is 27.3 Å². The van der Waals surface area contributed by atoms with Gasteiger partial charge in [0.1, 0.15) is 5.82 Å². The van der Waals surface area contributed by atoms with Crippen LogP contribution in [0.2, 0.25) is 0 Å². The molecule has 166 valence electrons. The second-order valence-electron chi connectivity index (χ2n) is 8.20. The molecule has 0 unspecified atom stereocenters. The van der Waals surface area contributed by atoms with Crippen molar-refractivity contribution in [3.63, 3.8) is 0 Å². The predicted molar refractivity (Wildman–Crippen MR) is 118 cm³/mol. The van der Waals surface area contributed by atoms with Crippen molar-refractivity contribution in [1.29, 1.82) is 0 Å². The van der Waals surface area contributed by atoms with Gasteiger partial charge in [0.25, 0.3) is 5.91 Å². The SMILES string of the molecule is CC(C)CNS(=O)(=O)Cc1cccc(NC(=O)[C@@]2(C)CC(c3cccc(F)c3)=NO2)c1. The average Bonchev–Trinajstić information content (AvgIpc) is 3.10. The van der Waals surface area contributed by atoms with Gasteiger partial charge in [0.15, 0.2) is 0 Å². The lowest BCUT2D eigenvalue weighted by atomic mass is 9.95. The van der Waals surface area contributed by atoms with Gasteiger partial charge in [-0.1, -0.05) is 43.3 Å². The van der Waals surface area contributed by atoms with E-state index in [0.717, 1.165) is 0 Å². The maximum Gasteiger partial charge on any atom is 0.271 e. The summed E-state index contributed by atoms with van der Waals surface area (Å²) in [5.41, 5.74) is 0.766. The molecule has 2 N–H and O–H groups in total. The molecular formula is C22H26FN3O4S. The molecule has 1 atom stereocenters. The Morgan fingerprint density at radius 2 is 1.97 bits per heavy atom. The first-order valence-electron chi connectivity index (χ1n) is 9.95. The van der Waals surface area contributed by atoms with E-state index in [4.69, 9.17) is 4.84 Å². The van der Waals surface area contributed by atoms with E-state index in [1.165, 1.54) is 12.1 Å². The van der Waals surface area contributed by atoms with E-state index in [2.05, 4.69) is 15.2 Å². The second kappa shape index (κ2) is 9.15. The number of halogens is 1. The molecule has 2 aromatic rings. The van der Waals surface area contributed by atoms with E-state index in [1.807, 2.05) is 13.8 Å². The first-order chi connectivity index (χ1) is 14.6. The molecule has 0 bridgehead atoms. The van der Waals surface area contributed by atoms with Crippen molar-refractivity contribution in [1.82, 2.24) is 4.72 Å². The summed E-state index contributed by atoms with van der Waals surface area (Å²) in [7, 11) is -3.48. The van der Waals surface area contributed by atoms with Crippen LogP contribution < -0.4 is 10.0 Å². The van der Waals surface area contributed by atoms with Crippen LogP contribution >= 0.6 is 0 Å². The highest BCUT2D eigenvalue weighted by Crippen LogP contribution is 2.28. The molecule has 0 radical (unpaired) electrons. The molecule has 9 heteroatoms. The Bertz CT molecular complexity index is 1100. The Labute approximate surface area is 181 Å². The van der Waals surface area contributed by atoms with Crippen LogP contribution in [0.4, 0.5) is 10.1 Å². The molecule has 31 heavy (non-hydrogen) atoms. The standard InChI is InChI=1S/C22H26FN3O4S/c1-15(2)13-24-31(28,29)14-16-6-4-9-19(10-16)25-21(27)22(3)12-20(26-30-22)17-7-5-8-18(23)11-17/h4-11,15,24H,12-14H2,1-3H3,(H,25,27)/t22-/m1/s1. The lowest BCUT2D eigenvalue weighted by molar-refractivity contribution is -0.135. The van der Waals surface area contributed by atoms with Gasteiger partial charge in [-0.05, 0) is 42.7 Å². The fourth-order valence-electron chi connectivity index (χ4n) is 3.05. The van der Waals surface area contributed by atoms with Crippen LogP contribution in [-0.2, 0) is 25.4 Å². The van der Waals surface area contributed by atoms with Crippen molar-refractivity contribution in [2.24, 2.45) is 11.1 Å².